The van der Waals surface area contributed by atoms with E-state index in [4.69, 9.17) is 15.2 Å². The SMILES string of the molecule is CCOC(=O)Oc1c(C)nc2c(cnn2Cc2ccccc2)c1N. The zero-order valence-electron chi connectivity index (χ0n) is 13.5. The van der Waals surface area contributed by atoms with E-state index in [1.165, 1.54) is 0 Å². The Kier molecular flexibility index (Phi) is 4.33. The van der Waals surface area contributed by atoms with Gasteiger partial charge in [-0.05, 0) is 19.4 Å². The number of anilines is 1. The summed E-state index contributed by atoms with van der Waals surface area (Å²) in [5, 5.41) is 4.99. The highest BCUT2D eigenvalue weighted by Gasteiger charge is 2.18. The van der Waals surface area contributed by atoms with E-state index < -0.39 is 6.16 Å². The molecule has 7 heteroatoms. The number of pyridine rings is 1. The Labute approximate surface area is 139 Å². The van der Waals surface area contributed by atoms with Crippen LogP contribution in [0.4, 0.5) is 10.5 Å². The molecule has 0 aliphatic heterocycles. The van der Waals surface area contributed by atoms with E-state index in [1.807, 2.05) is 30.3 Å². The van der Waals surface area contributed by atoms with Gasteiger partial charge in [-0.25, -0.2) is 14.5 Å². The summed E-state index contributed by atoms with van der Waals surface area (Å²) < 4.78 is 11.7. The van der Waals surface area contributed by atoms with E-state index in [-0.39, 0.29) is 12.4 Å². The molecule has 0 atom stereocenters. The molecule has 3 aromatic rings. The summed E-state index contributed by atoms with van der Waals surface area (Å²) in [5.74, 6) is 0.209. The number of carbonyl (C=O) groups excluding carboxylic acids is 1. The first-order valence-electron chi connectivity index (χ1n) is 7.60. The predicted octanol–water partition coefficient (Wildman–Crippen LogP) is 2.91. The molecule has 0 saturated heterocycles. The second-order valence-electron chi connectivity index (χ2n) is 5.25. The standard InChI is InChI=1S/C17H18N4O3/c1-3-23-17(22)24-15-11(2)20-16-13(14(15)18)9-19-21(16)10-12-7-5-4-6-8-12/h4-9H,3,10H2,1-2H3,(H2,18,20). The van der Waals surface area contributed by atoms with Gasteiger partial charge in [0.05, 0.1) is 36.1 Å². The van der Waals surface area contributed by atoms with Crippen LogP contribution in [0.2, 0.25) is 0 Å². The van der Waals surface area contributed by atoms with Gasteiger partial charge in [0.1, 0.15) is 0 Å². The van der Waals surface area contributed by atoms with Crippen LogP contribution in [-0.2, 0) is 11.3 Å². The minimum absolute atomic E-state index is 0.209. The number of carbonyl (C=O) groups is 1. The first kappa shape index (κ1) is 15.8. The molecular weight excluding hydrogens is 308 g/mol. The van der Waals surface area contributed by atoms with Crippen molar-refractivity contribution in [2.24, 2.45) is 0 Å². The molecule has 0 saturated carbocycles. The number of ether oxygens (including phenoxy) is 2. The van der Waals surface area contributed by atoms with Crippen LogP contribution in [0.1, 0.15) is 18.2 Å². The molecule has 0 aliphatic carbocycles. The van der Waals surface area contributed by atoms with Gasteiger partial charge in [-0.3, -0.25) is 0 Å². The number of nitrogen functional groups attached to an aromatic ring is 1. The molecule has 3 rings (SSSR count). The highest BCUT2D eigenvalue weighted by molar-refractivity contribution is 5.92. The van der Waals surface area contributed by atoms with Gasteiger partial charge in [0.15, 0.2) is 11.4 Å². The number of hydrogen-bond acceptors (Lipinski definition) is 6. The van der Waals surface area contributed by atoms with Crippen LogP contribution in [-0.4, -0.2) is 27.5 Å². The zero-order valence-corrected chi connectivity index (χ0v) is 13.5. The Morgan fingerprint density at radius 1 is 1.29 bits per heavy atom. The smallest absolute Gasteiger partial charge is 0.434 e. The van der Waals surface area contributed by atoms with Gasteiger partial charge in [0.2, 0.25) is 0 Å². The molecule has 0 bridgehead atoms. The summed E-state index contributed by atoms with van der Waals surface area (Å²) >= 11 is 0. The Morgan fingerprint density at radius 2 is 2.04 bits per heavy atom. The molecule has 2 N–H and O–H groups in total. The Balaban J connectivity index is 1.97. The van der Waals surface area contributed by atoms with Crippen molar-refractivity contribution in [1.29, 1.82) is 0 Å². The Hall–Kier alpha value is -3.09. The lowest BCUT2D eigenvalue weighted by Gasteiger charge is -2.11. The van der Waals surface area contributed by atoms with Crippen LogP contribution in [0.3, 0.4) is 0 Å². The van der Waals surface area contributed by atoms with E-state index in [0.29, 0.717) is 29.0 Å². The molecule has 124 valence electrons. The van der Waals surface area contributed by atoms with Crippen LogP contribution < -0.4 is 10.5 Å². The lowest BCUT2D eigenvalue weighted by molar-refractivity contribution is 0.104. The van der Waals surface area contributed by atoms with E-state index in [9.17, 15) is 4.79 Å². The molecule has 0 radical (unpaired) electrons. The lowest BCUT2D eigenvalue weighted by Crippen LogP contribution is -2.13. The van der Waals surface area contributed by atoms with Crippen molar-refractivity contribution in [3.05, 3.63) is 47.8 Å². The minimum atomic E-state index is -0.801. The second-order valence-corrected chi connectivity index (χ2v) is 5.25. The quantitative estimate of drug-likeness (QED) is 0.741. The van der Waals surface area contributed by atoms with E-state index in [0.717, 1.165) is 5.56 Å². The van der Waals surface area contributed by atoms with Crippen LogP contribution >= 0.6 is 0 Å². The first-order chi connectivity index (χ1) is 11.6. The molecule has 0 fully saturated rings. The third-order valence-electron chi connectivity index (χ3n) is 3.57. The van der Waals surface area contributed by atoms with Gasteiger partial charge in [-0.2, -0.15) is 5.10 Å². The molecule has 2 heterocycles. The Bertz CT molecular complexity index is 874. The molecule has 0 amide bonds. The summed E-state index contributed by atoms with van der Waals surface area (Å²) in [6.07, 6.45) is 0.822. The molecular formula is C17H18N4O3. The minimum Gasteiger partial charge on any atom is -0.434 e. The molecule has 24 heavy (non-hydrogen) atoms. The molecule has 2 aromatic heterocycles. The first-order valence-corrected chi connectivity index (χ1v) is 7.60. The average molecular weight is 326 g/mol. The summed E-state index contributed by atoms with van der Waals surface area (Å²) in [4.78, 5) is 16.0. The molecule has 0 unspecified atom stereocenters. The predicted molar refractivity (Wildman–Crippen MR) is 89.9 cm³/mol. The number of fused-ring (bicyclic) bond motifs is 1. The van der Waals surface area contributed by atoms with E-state index >= 15 is 0 Å². The van der Waals surface area contributed by atoms with Gasteiger partial charge in [0, 0.05) is 0 Å². The van der Waals surface area contributed by atoms with Crippen LogP contribution in [0, 0.1) is 6.92 Å². The van der Waals surface area contributed by atoms with Crippen molar-refractivity contribution in [3.63, 3.8) is 0 Å². The fourth-order valence-electron chi connectivity index (χ4n) is 2.45. The van der Waals surface area contributed by atoms with Crippen LogP contribution in [0.25, 0.3) is 11.0 Å². The maximum Gasteiger partial charge on any atom is 0.513 e. The monoisotopic (exact) mass is 326 g/mol. The van der Waals surface area contributed by atoms with Gasteiger partial charge in [0.25, 0.3) is 0 Å². The third-order valence-corrected chi connectivity index (χ3v) is 3.57. The van der Waals surface area contributed by atoms with Crippen molar-refractivity contribution in [3.8, 4) is 5.75 Å². The number of hydrogen-bond donors (Lipinski definition) is 1. The number of aromatic nitrogens is 3. The molecule has 0 aliphatic rings. The van der Waals surface area contributed by atoms with Crippen LogP contribution in [0.15, 0.2) is 36.5 Å². The van der Waals surface area contributed by atoms with Crippen molar-refractivity contribution < 1.29 is 14.3 Å². The summed E-state index contributed by atoms with van der Waals surface area (Å²) in [6, 6.07) is 9.94. The van der Waals surface area contributed by atoms with Gasteiger partial charge >= 0.3 is 6.16 Å². The highest BCUT2D eigenvalue weighted by Crippen LogP contribution is 2.32. The average Bonchev–Trinajstić information content (AvgIpc) is 2.95. The number of rotatable bonds is 4. The summed E-state index contributed by atoms with van der Waals surface area (Å²) in [5.41, 5.74) is 8.72. The molecule has 1 aromatic carbocycles. The maximum absolute atomic E-state index is 11.6. The summed E-state index contributed by atoms with van der Waals surface area (Å²) in [6.45, 7) is 4.23. The molecule has 0 spiro atoms. The van der Waals surface area contributed by atoms with E-state index in [2.05, 4.69) is 10.1 Å². The van der Waals surface area contributed by atoms with Crippen molar-refractivity contribution in [2.45, 2.75) is 20.4 Å². The zero-order chi connectivity index (χ0) is 17.1. The van der Waals surface area contributed by atoms with Gasteiger partial charge < -0.3 is 15.2 Å². The maximum atomic E-state index is 11.6. The fourth-order valence-corrected chi connectivity index (χ4v) is 2.45. The third kappa shape index (κ3) is 3.01. The van der Waals surface area contributed by atoms with Gasteiger partial charge in [-0.15, -0.1) is 0 Å². The van der Waals surface area contributed by atoms with Gasteiger partial charge in [-0.1, -0.05) is 30.3 Å². The van der Waals surface area contributed by atoms with Crippen LogP contribution in [0.5, 0.6) is 5.75 Å². The van der Waals surface area contributed by atoms with Crippen molar-refractivity contribution in [2.75, 3.05) is 12.3 Å². The molecule has 7 nitrogen and oxygen atoms in total. The van der Waals surface area contributed by atoms with Crippen molar-refractivity contribution >= 4 is 22.9 Å². The number of aryl methyl sites for hydroxylation is 1. The fraction of sp³-hybridized carbons (Fsp3) is 0.235. The number of nitrogens with two attached hydrogens (primary N) is 1. The largest absolute Gasteiger partial charge is 0.513 e. The second kappa shape index (κ2) is 6.57. The Morgan fingerprint density at radius 3 is 2.75 bits per heavy atom. The lowest BCUT2D eigenvalue weighted by atomic mass is 10.2. The summed E-state index contributed by atoms with van der Waals surface area (Å²) in [7, 11) is 0. The topological polar surface area (TPSA) is 92.3 Å². The van der Waals surface area contributed by atoms with E-state index in [1.54, 1.807) is 24.7 Å². The normalized spacial score (nSPS) is 10.8. The van der Waals surface area contributed by atoms with Crippen molar-refractivity contribution in [1.82, 2.24) is 14.8 Å². The number of benzene rings is 1. The number of nitrogens with zero attached hydrogens (tertiary/aromatic N) is 3. The highest BCUT2D eigenvalue weighted by atomic mass is 16.7.